The Morgan fingerprint density at radius 1 is 1.00 bits per heavy atom. The van der Waals surface area contributed by atoms with E-state index in [-0.39, 0.29) is 5.91 Å². The summed E-state index contributed by atoms with van der Waals surface area (Å²) in [4.78, 5) is 19.5. The van der Waals surface area contributed by atoms with Crippen LogP contribution in [0.4, 0.5) is 0 Å². The van der Waals surface area contributed by atoms with E-state index in [1.54, 1.807) is 17.4 Å². The number of amides is 1. The molecule has 0 radical (unpaired) electrons. The number of carbonyl (C=O) groups excluding carboxylic acids is 1. The zero-order chi connectivity index (χ0) is 20.1. The molecule has 0 fully saturated rings. The molecule has 2 heterocycles. The number of rotatable bonds is 7. The molecule has 0 spiro atoms. The lowest BCUT2D eigenvalue weighted by atomic mass is 10.1. The van der Waals surface area contributed by atoms with E-state index >= 15 is 0 Å². The van der Waals surface area contributed by atoms with Gasteiger partial charge in [0.1, 0.15) is 11.6 Å². The van der Waals surface area contributed by atoms with Gasteiger partial charge in [-0.3, -0.25) is 4.79 Å². The summed E-state index contributed by atoms with van der Waals surface area (Å²) < 4.78 is 7.57. The van der Waals surface area contributed by atoms with E-state index in [1.807, 2.05) is 67.7 Å². The summed E-state index contributed by atoms with van der Waals surface area (Å²) in [6.45, 7) is 3.50. The van der Waals surface area contributed by atoms with Crippen LogP contribution in [0.2, 0.25) is 0 Å². The molecule has 0 aliphatic rings. The van der Waals surface area contributed by atoms with Crippen molar-refractivity contribution in [3.63, 3.8) is 0 Å². The van der Waals surface area contributed by atoms with E-state index in [2.05, 4.69) is 21.7 Å². The Labute approximate surface area is 170 Å². The third kappa shape index (κ3) is 4.63. The average Bonchev–Trinajstić information content (AvgIpc) is 3.41. The molecule has 0 atom stereocenters. The summed E-state index contributed by atoms with van der Waals surface area (Å²) in [5.41, 5.74) is 2.97. The molecule has 1 amide bonds. The Balaban J connectivity index is 1.58. The third-order valence-corrected chi connectivity index (χ3v) is 4.84. The van der Waals surface area contributed by atoms with Crippen molar-refractivity contribution in [3.8, 4) is 0 Å². The zero-order valence-electron chi connectivity index (χ0n) is 16.4. The fraction of sp³-hybridized carbons (Fsp3) is 0.167. The lowest BCUT2D eigenvalue weighted by Gasteiger charge is -2.22. The molecule has 29 heavy (non-hydrogen) atoms. The number of carbonyl (C=O) groups is 1. The van der Waals surface area contributed by atoms with E-state index in [0.29, 0.717) is 25.2 Å². The van der Waals surface area contributed by atoms with Crippen LogP contribution >= 0.6 is 0 Å². The Kier molecular flexibility index (Phi) is 5.56. The SMILES string of the molecule is Cc1ccc(C(=O)N(Cc2ccco2)Cc2nccn2Cc2ccccc2)cc1. The van der Waals surface area contributed by atoms with Crippen LogP contribution in [0.25, 0.3) is 0 Å². The normalized spacial score (nSPS) is 10.8. The largest absolute Gasteiger partial charge is 0.467 e. The molecule has 0 saturated carbocycles. The lowest BCUT2D eigenvalue weighted by Crippen LogP contribution is -2.31. The van der Waals surface area contributed by atoms with Gasteiger partial charge < -0.3 is 13.9 Å². The molecule has 2 aromatic heterocycles. The number of aromatic nitrogens is 2. The number of imidazole rings is 1. The Bertz CT molecular complexity index is 1050. The maximum Gasteiger partial charge on any atom is 0.254 e. The molecular weight excluding hydrogens is 362 g/mol. The van der Waals surface area contributed by atoms with Crippen LogP contribution in [-0.2, 0) is 19.6 Å². The van der Waals surface area contributed by atoms with Crippen molar-refractivity contribution in [2.75, 3.05) is 0 Å². The summed E-state index contributed by atoms with van der Waals surface area (Å²) in [7, 11) is 0. The minimum Gasteiger partial charge on any atom is -0.467 e. The summed E-state index contributed by atoms with van der Waals surface area (Å²) >= 11 is 0. The second-order valence-corrected chi connectivity index (χ2v) is 7.06. The molecule has 5 heteroatoms. The standard InChI is InChI=1S/C24H23N3O2/c1-19-9-11-21(12-10-19)24(28)27(17-22-8-5-15-29-22)18-23-25-13-14-26(23)16-20-6-3-2-4-7-20/h2-15H,16-18H2,1H3. The molecule has 0 N–H and O–H groups in total. The Hall–Kier alpha value is -3.60. The second kappa shape index (κ2) is 8.61. The van der Waals surface area contributed by atoms with Crippen LogP contribution in [0, 0.1) is 6.92 Å². The molecule has 5 nitrogen and oxygen atoms in total. The summed E-state index contributed by atoms with van der Waals surface area (Å²) in [6.07, 6.45) is 5.35. The molecular formula is C24H23N3O2. The fourth-order valence-corrected chi connectivity index (χ4v) is 3.26. The van der Waals surface area contributed by atoms with Gasteiger partial charge >= 0.3 is 0 Å². The molecule has 0 bridgehead atoms. The van der Waals surface area contributed by atoms with Gasteiger partial charge in [0.05, 0.1) is 19.4 Å². The minimum absolute atomic E-state index is 0.0457. The Morgan fingerprint density at radius 3 is 2.52 bits per heavy atom. The zero-order valence-corrected chi connectivity index (χ0v) is 16.4. The van der Waals surface area contributed by atoms with Crippen LogP contribution in [0.1, 0.15) is 33.1 Å². The summed E-state index contributed by atoms with van der Waals surface area (Å²) in [5, 5.41) is 0. The maximum absolute atomic E-state index is 13.2. The van der Waals surface area contributed by atoms with E-state index in [9.17, 15) is 4.79 Å². The van der Waals surface area contributed by atoms with Crippen molar-refractivity contribution in [2.45, 2.75) is 26.6 Å². The number of hydrogen-bond donors (Lipinski definition) is 0. The van der Waals surface area contributed by atoms with Gasteiger partial charge in [-0.05, 0) is 36.8 Å². The highest BCUT2D eigenvalue weighted by atomic mass is 16.3. The first-order valence-corrected chi connectivity index (χ1v) is 9.61. The fourth-order valence-electron chi connectivity index (χ4n) is 3.26. The quantitative estimate of drug-likeness (QED) is 0.464. The number of benzene rings is 2. The predicted octanol–water partition coefficient (Wildman–Crippen LogP) is 4.68. The highest BCUT2D eigenvalue weighted by Gasteiger charge is 2.20. The highest BCUT2D eigenvalue weighted by molar-refractivity contribution is 5.94. The van der Waals surface area contributed by atoms with Gasteiger partial charge in [-0.2, -0.15) is 0 Å². The second-order valence-electron chi connectivity index (χ2n) is 7.06. The Morgan fingerprint density at radius 2 is 1.79 bits per heavy atom. The van der Waals surface area contributed by atoms with Gasteiger partial charge in [0.25, 0.3) is 5.91 Å². The van der Waals surface area contributed by atoms with Gasteiger partial charge in [-0.15, -0.1) is 0 Å². The monoisotopic (exact) mass is 385 g/mol. The first kappa shape index (κ1) is 18.7. The molecule has 0 aliphatic heterocycles. The van der Waals surface area contributed by atoms with Crippen molar-refractivity contribution in [1.29, 1.82) is 0 Å². The minimum atomic E-state index is -0.0457. The van der Waals surface area contributed by atoms with Gasteiger partial charge in [0, 0.05) is 24.5 Å². The van der Waals surface area contributed by atoms with Crippen LogP contribution in [0.3, 0.4) is 0 Å². The van der Waals surface area contributed by atoms with Crippen LogP contribution in [-0.4, -0.2) is 20.4 Å². The van der Waals surface area contributed by atoms with Crippen molar-refractivity contribution in [1.82, 2.24) is 14.5 Å². The highest BCUT2D eigenvalue weighted by Crippen LogP contribution is 2.16. The van der Waals surface area contributed by atoms with Crippen LogP contribution in [0.5, 0.6) is 0 Å². The number of hydrogen-bond acceptors (Lipinski definition) is 3. The number of aryl methyl sites for hydroxylation is 1. The number of nitrogens with zero attached hydrogens (tertiary/aromatic N) is 3. The van der Waals surface area contributed by atoms with Crippen molar-refractivity contribution in [2.24, 2.45) is 0 Å². The molecule has 4 aromatic rings. The molecule has 2 aromatic carbocycles. The van der Waals surface area contributed by atoms with E-state index < -0.39 is 0 Å². The molecule has 0 aliphatic carbocycles. The summed E-state index contributed by atoms with van der Waals surface area (Å²) in [5.74, 6) is 1.53. The van der Waals surface area contributed by atoms with Crippen LogP contribution < -0.4 is 0 Å². The molecule has 146 valence electrons. The first-order chi connectivity index (χ1) is 14.2. The predicted molar refractivity (Wildman–Crippen MR) is 111 cm³/mol. The topological polar surface area (TPSA) is 51.3 Å². The van der Waals surface area contributed by atoms with Crippen LogP contribution in [0.15, 0.2) is 89.8 Å². The smallest absolute Gasteiger partial charge is 0.254 e. The molecule has 4 rings (SSSR count). The first-order valence-electron chi connectivity index (χ1n) is 9.61. The molecule has 0 saturated heterocycles. The number of furan rings is 1. The summed E-state index contributed by atoms with van der Waals surface area (Å²) in [6, 6.07) is 21.6. The van der Waals surface area contributed by atoms with E-state index in [0.717, 1.165) is 17.1 Å². The van der Waals surface area contributed by atoms with Gasteiger partial charge in [-0.1, -0.05) is 48.0 Å². The lowest BCUT2D eigenvalue weighted by molar-refractivity contribution is 0.0711. The average molecular weight is 385 g/mol. The van der Waals surface area contributed by atoms with Gasteiger partial charge in [-0.25, -0.2) is 4.98 Å². The molecule has 0 unspecified atom stereocenters. The van der Waals surface area contributed by atoms with Crippen molar-refractivity contribution < 1.29 is 9.21 Å². The van der Waals surface area contributed by atoms with Gasteiger partial charge in [0.15, 0.2) is 0 Å². The maximum atomic E-state index is 13.2. The van der Waals surface area contributed by atoms with E-state index in [4.69, 9.17) is 4.42 Å². The van der Waals surface area contributed by atoms with Crippen molar-refractivity contribution in [3.05, 3.63) is 114 Å². The van der Waals surface area contributed by atoms with Crippen molar-refractivity contribution >= 4 is 5.91 Å². The van der Waals surface area contributed by atoms with Gasteiger partial charge in [0.2, 0.25) is 0 Å². The van der Waals surface area contributed by atoms with E-state index in [1.165, 1.54) is 5.56 Å². The third-order valence-electron chi connectivity index (χ3n) is 4.84.